The summed E-state index contributed by atoms with van der Waals surface area (Å²) in [7, 11) is 0. The van der Waals surface area contributed by atoms with Crippen LogP contribution < -0.4 is 0 Å². The van der Waals surface area contributed by atoms with Crippen molar-refractivity contribution >= 4 is 17.3 Å². The van der Waals surface area contributed by atoms with Gasteiger partial charge in [0.15, 0.2) is 11.6 Å². The molecular formula is C20H18O3. The first-order valence-corrected chi connectivity index (χ1v) is 7.97. The minimum Gasteiger partial charge on any atom is -0.300 e. The normalized spacial score (nSPS) is 16.1. The molecule has 2 aliphatic carbocycles. The maximum absolute atomic E-state index is 12.1. The standard InChI is InChI=1S/C14H8O2.C6H10O/c15-13-9-5-1-2-6-10(9)14(16)12-8-4-3-7-11(12)13;7-6-4-2-1-3-5-6/h1-8H;1-5H2. The third-order valence-electron chi connectivity index (χ3n) is 4.24. The van der Waals surface area contributed by atoms with E-state index in [1.54, 1.807) is 48.5 Å². The molecule has 0 N–H and O–H groups in total. The second kappa shape index (κ2) is 6.69. The lowest BCUT2D eigenvalue weighted by molar-refractivity contribution is -0.120. The van der Waals surface area contributed by atoms with Gasteiger partial charge in [-0.25, -0.2) is 0 Å². The van der Waals surface area contributed by atoms with E-state index in [4.69, 9.17) is 0 Å². The van der Waals surface area contributed by atoms with E-state index in [-0.39, 0.29) is 11.6 Å². The molecule has 0 atom stereocenters. The number of hydrogen-bond donors (Lipinski definition) is 0. The molecule has 4 rings (SSSR count). The number of ketones is 3. The Kier molecular flexibility index (Phi) is 4.47. The van der Waals surface area contributed by atoms with Crippen molar-refractivity contribution in [2.45, 2.75) is 32.1 Å². The van der Waals surface area contributed by atoms with Crippen molar-refractivity contribution in [2.75, 3.05) is 0 Å². The van der Waals surface area contributed by atoms with E-state index in [0.29, 0.717) is 28.0 Å². The van der Waals surface area contributed by atoms with Gasteiger partial charge in [-0.05, 0) is 12.8 Å². The maximum Gasteiger partial charge on any atom is 0.194 e. The Balaban J connectivity index is 0.000000188. The Morgan fingerprint density at radius 3 is 1.13 bits per heavy atom. The van der Waals surface area contributed by atoms with Gasteiger partial charge in [0.05, 0.1) is 0 Å². The quantitative estimate of drug-likeness (QED) is 0.631. The summed E-state index contributed by atoms with van der Waals surface area (Å²) in [6, 6.07) is 13.9. The largest absolute Gasteiger partial charge is 0.300 e. The second-order valence-electron chi connectivity index (χ2n) is 5.85. The van der Waals surface area contributed by atoms with E-state index in [9.17, 15) is 14.4 Å². The zero-order chi connectivity index (χ0) is 16.2. The minimum atomic E-state index is -0.0641. The highest BCUT2D eigenvalue weighted by Crippen LogP contribution is 2.26. The second-order valence-corrected chi connectivity index (χ2v) is 5.85. The zero-order valence-electron chi connectivity index (χ0n) is 12.9. The fraction of sp³-hybridized carbons (Fsp3) is 0.250. The zero-order valence-corrected chi connectivity index (χ0v) is 12.9. The van der Waals surface area contributed by atoms with Crippen LogP contribution >= 0.6 is 0 Å². The summed E-state index contributed by atoms with van der Waals surface area (Å²) in [5, 5.41) is 0. The van der Waals surface area contributed by atoms with Crippen LogP contribution in [0.2, 0.25) is 0 Å². The average Bonchev–Trinajstić information content (AvgIpc) is 2.61. The number of hydrogen-bond acceptors (Lipinski definition) is 3. The van der Waals surface area contributed by atoms with Crippen molar-refractivity contribution in [3.63, 3.8) is 0 Å². The summed E-state index contributed by atoms with van der Waals surface area (Å²) < 4.78 is 0. The fourth-order valence-electron chi connectivity index (χ4n) is 2.99. The molecule has 3 heteroatoms. The molecule has 0 heterocycles. The van der Waals surface area contributed by atoms with Crippen LogP contribution in [0.4, 0.5) is 0 Å². The van der Waals surface area contributed by atoms with Crippen LogP contribution in [0.5, 0.6) is 0 Å². The van der Waals surface area contributed by atoms with Crippen molar-refractivity contribution in [3.05, 3.63) is 70.8 Å². The van der Waals surface area contributed by atoms with Crippen LogP contribution in [-0.4, -0.2) is 17.3 Å². The predicted molar refractivity (Wildman–Crippen MR) is 87.8 cm³/mol. The highest BCUT2D eigenvalue weighted by molar-refractivity contribution is 6.28. The lowest BCUT2D eigenvalue weighted by Gasteiger charge is -2.16. The van der Waals surface area contributed by atoms with Crippen LogP contribution in [0.25, 0.3) is 0 Å². The third kappa shape index (κ3) is 3.14. The Hall–Kier alpha value is -2.55. The van der Waals surface area contributed by atoms with Crippen molar-refractivity contribution in [3.8, 4) is 0 Å². The van der Waals surface area contributed by atoms with Gasteiger partial charge in [0.25, 0.3) is 0 Å². The maximum atomic E-state index is 12.1. The topological polar surface area (TPSA) is 51.2 Å². The summed E-state index contributed by atoms with van der Waals surface area (Å²) in [4.78, 5) is 34.7. The molecule has 0 aliphatic heterocycles. The first kappa shape index (κ1) is 15.3. The SMILES string of the molecule is O=C1CCCCC1.O=C1c2ccccc2C(=O)c2ccccc21. The van der Waals surface area contributed by atoms with Gasteiger partial charge in [0.1, 0.15) is 5.78 Å². The summed E-state index contributed by atoms with van der Waals surface area (Å²) in [5.41, 5.74) is 2.02. The summed E-state index contributed by atoms with van der Waals surface area (Å²) in [6.07, 6.45) is 5.24. The molecule has 0 unspecified atom stereocenters. The molecule has 0 spiro atoms. The number of fused-ring (bicyclic) bond motifs is 2. The number of rotatable bonds is 0. The van der Waals surface area contributed by atoms with E-state index in [1.165, 1.54) is 6.42 Å². The Labute approximate surface area is 135 Å². The summed E-state index contributed by atoms with van der Waals surface area (Å²) in [5.74, 6) is 0.336. The first-order valence-electron chi connectivity index (χ1n) is 7.97. The van der Waals surface area contributed by atoms with Crippen molar-refractivity contribution in [2.24, 2.45) is 0 Å². The van der Waals surface area contributed by atoms with Crippen molar-refractivity contribution < 1.29 is 14.4 Å². The van der Waals surface area contributed by atoms with Crippen molar-refractivity contribution in [1.29, 1.82) is 0 Å². The molecule has 3 nitrogen and oxygen atoms in total. The highest BCUT2D eigenvalue weighted by Gasteiger charge is 2.28. The molecule has 0 aromatic heterocycles. The van der Waals surface area contributed by atoms with E-state index in [2.05, 4.69) is 0 Å². The van der Waals surface area contributed by atoms with Crippen LogP contribution in [0.15, 0.2) is 48.5 Å². The summed E-state index contributed by atoms with van der Waals surface area (Å²) in [6.45, 7) is 0. The fourth-order valence-corrected chi connectivity index (χ4v) is 2.99. The number of Topliss-reactive ketones (excluding diaryl/α,β-unsaturated/α-hetero) is 1. The van der Waals surface area contributed by atoms with Gasteiger partial charge in [-0.15, -0.1) is 0 Å². The van der Waals surface area contributed by atoms with Crippen LogP contribution in [0.3, 0.4) is 0 Å². The van der Waals surface area contributed by atoms with Gasteiger partial charge in [-0.3, -0.25) is 14.4 Å². The molecule has 1 fully saturated rings. The number of benzene rings is 2. The Morgan fingerprint density at radius 2 is 0.870 bits per heavy atom. The summed E-state index contributed by atoms with van der Waals surface area (Å²) >= 11 is 0. The van der Waals surface area contributed by atoms with Gasteiger partial charge in [0, 0.05) is 35.1 Å². The van der Waals surface area contributed by atoms with Gasteiger partial charge >= 0.3 is 0 Å². The molecular weight excluding hydrogens is 288 g/mol. The molecule has 116 valence electrons. The van der Waals surface area contributed by atoms with Crippen molar-refractivity contribution in [1.82, 2.24) is 0 Å². The molecule has 0 saturated heterocycles. The molecule has 23 heavy (non-hydrogen) atoms. The highest BCUT2D eigenvalue weighted by atomic mass is 16.1. The van der Waals surface area contributed by atoms with E-state index in [0.717, 1.165) is 25.7 Å². The van der Waals surface area contributed by atoms with Crippen LogP contribution in [0.1, 0.15) is 63.9 Å². The lowest BCUT2D eigenvalue weighted by atomic mass is 9.84. The van der Waals surface area contributed by atoms with Crippen LogP contribution in [-0.2, 0) is 4.79 Å². The van der Waals surface area contributed by atoms with Gasteiger partial charge in [-0.2, -0.15) is 0 Å². The molecule has 2 aromatic carbocycles. The van der Waals surface area contributed by atoms with E-state index in [1.807, 2.05) is 0 Å². The first-order chi connectivity index (χ1) is 11.2. The monoisotopic (exact) mass is 306 g/mol. The van der Waals surface area contributed by atoms with Crippen LogP contribution in [0, 0.1) is 0 Å². The molecule has 1 saturated carbocycles. The predicted octanol–water partition coefficient (Wildman–Crippen LogP) is 3.98. The van der Waals surface area contributed by atoms with Gasteiger partial charge in [-0.1, -0.05) is 55.0 Å². The Morgan fingerprint density at radius 1 is 0.522 bits per heavy atom. The van der Waals surface area contributed by atoms with Gasteiger partial charge in [0.2, 0.25) is 0 Å². The van der Waals surface area contributed by atoms with Gasteiger partial charge < -0.3 is 0 Å². The lowest BCUT2D eigenvalue weighted by Crippen LogP contribution is -2.20. The van der Waals surface area contributed by atoms with E-state index < -0.39 is 0 Å². The number of carbonyl (C=O) groups is 3. The molecule has 2 aliphatic rings. The number of carbonyl (C=O) groups excluding carboxylic acids is 3. The molecule has 0 radical (unpaired) electrons. The smallest absolute Gasteiger partial charge is 0.194 e. The Bertz CT molecular complexity index is 660. The molecule has 2 aromatic rings. The molecule has 0 bridgehead atoms. The minimum absolute atomic E-state index is 0.0641. The van der Waals surface area contributed by atoms with E-state index >= 15 is 0 Å². The third-order valence-corrected chi connectivity index (χ3v) is 4.24. The average molecular weight is 306 g/mol. The molecule has 0 amide bonds.